The molecule has 9 nitrogen and oxygen atoms in total. The highest BCUT2D eigenvalue weighted by atomic mass is 19.1. The molecule has 2 aromatic carbocycles. The van der Waals surface area contributed by atoms with Crippen molar-refractivity contribution in [3.63, 3.8) is 0 Å². The zero-order chi connectivity index (χ0) is 27.5. The van der Waals surface area contributed by atoms with E-state index in [1.54, 1.807) is 24.3 Å². The van der Waals surface area contributed by atoms with Crippen molar-refractivity contribution < 1.29 is 23.6 Å². The van der Waals surface area contributed by atoms with Gasteiger partial charge >= 0.3 is 0 Å². The van der Waals surface area contributed by atoms with E-state index in [2.05, 4.69) is 10.6 Å². The van der Waals surface area contributed by atoms with Gasteiger partial charge in [-0.25, -0.2) is 4.39 Å². The van der Waals surface area contributed by atoms with E-state index in [0.29, 0.717) is 23.9 Å². The summed E-state index contributed by atoms with van der Waals surface area (Å²) in [5.41, 5.74) is 3.75. The molecule has 10 heteroatoms. The van der Waals surface area contributed by atoms with Gasteiger partial charge in [-0.3, -0.25) is 34.1 Å². The number of aromatic nitrogens is 2. The number of anilines is 1. The van der Waals surface area contributed by atoms with Gasteiger partial charge in [-0.15, -0.1) is 0 Å². The topological polar surface area (TPSA) is 113 Å². The third-order valence-electron chi connectivity index (χ3n) is 8.51. The molecule has 1 unspecified atom stereocenters. The van der Waals surface area contributed by atoms with Crippen molar-refractivity contribution in [2.24, 2.45) is 5.92 Å². The lowest BCUT2D eigenvalue weighted by atomic mass is 9.80. The Morgan fingerprint density at radius 1 is 0.925 bits per heavy atom. The molecule has 4 amide bonds. The lowest BCUT2D eigenvalue weighted by Crippen LogP contribution is -2.54. The Morgan fingerprint density at radius 2 is 1.70 bits per heavy atom. The number of amides is 4. The fourth-order valence-electron chi connectivity index (χ4n) is 6.06. The second-order valence-electron chi connectivity index (χ2n) is 11.2. The van der Waals surface area contributed by atoms with Crippen LogP contribution in [0.4, 0.5) is 10.1 Å². The summed E-state index contributed by atoms with van der Waals surface area (Å²) in [4.78, 5) is 50.7. The summed E-state index contributed by atoms with van der Waals surface area (Å²) in [6.07, 6.45) is 6.26. The zero-order valence-electron chi connectivity index (χ0n) is 21.7. The summed E-state index contributed by atoms with van der Waals surface area (Å²) in [6.45, 7) is 0.700. The van der Waals surface area contributed by atoms with Crippen molar-refractivity contribution in [2.45, 2.75) is 56.5 Å². The van der Waals surface area contributed by atoms with Gasteiger partial charge in [-0.1, -0.05) is 18.2 Å². The number of piperidine rings is 1. The Morgan fingerprint density at radius 3 is 2.45 bits per heavy atom. The van der Waals surface area contributed by atoms with E-state index < -0.39 is 29.7 Å². The van der Waals surface area contributed by atoms with Crippen molar-refractivity contribution in [2.75, 3.05) is 11.9 Å². The van der Waals surface area contributed by atoms with Gasteiger partial charge in [0, 0.05) is 41.9 Å². The third kappa shape index (κ3) is 4.18. The Hall–Kier alpha value is -4.34. The number of carbonyl (C=O) groups excluding carboxylic acids is 4. The minimum absolute atomic E-state index is 0.0872. The van der Waals surface area contributed by atoms with E-state index in [-0.39, 0.29) is 35.8 Å². The Balaban J connectivity index is 0.993. The molecule has 2 aliphatic heterocycles. The van der Waals surface area contributed by atoms with E-state index in [1.165, 1.54) is 6.07 Å². The molecule has 2 saturated carbocycles. The molecule has 1 atom stereocenters. The van der Waals surface area contributed by atoms with E-state index >= 15 is 0 Å². The molecular formula is C30H28FN5O4. The maximum absolute atomic E-state index is 14.5. The van der Waals surface area contributed by atoms with Crippen LogP contribution in [0.15, 0.2) is 48.7 Å². The monoisotopic (exact) mass is 541 g/mol. The van der Waals surface area contributed by atoms with Gasteiger partial charge in [0.15, 0.2) is 0 Å². The fraction of sp³-hybridized carbons (Fsp3) is 0.367. The van der Waals surface area contributed by atoms with Crippen LogP contribution in [0, 0.1) is 11.7 Å². The molecule has 0 radical (unpaired) electrons. The van der Waals surface area contributed by atoms with E-state index in [0.717, 1.165) is 47.5 Å². The molecule has 3 fully saturated rings. The first-order valence-electron chi connectivity index (χ1n) is 13.8. The van der Waals surface area contributed by atoms with Crippen LogP contribution in [0.5, 0.6) is 0 Å². The molecule has 7 rings (SSSR count). The second-order valence-corrected chi connectivity index (χ2v) is 11.2. The summed E-state index contributed by atoms with van der Waals surface area (Å²) >= 11 is 0. The molecular weight excluding hydrogens is 513 g/mol. The van der Waals surface area contributed by atoms with E-state index in [1.807, 2.05) is 23.0 Å². The molecule has 3 heterocycles. The van der Waals surface area contributed by atoms with Crippen LogP contribution in [0.2, 0.25) is 0 Å². The first-order valence-corrected chi connectivity index (χ1v) is 13.8. The Bertz CT molecular complexity index is 1570. The number of nitrogens with one attached hydrogen (secondary N) is 2. The SMILES string of the molecule is O=C1CCC(N2C(=O)c3ccc(NCC4CC(n5cc(-c6ccccc6F)c(C6CC6)n5)C4)cc3C2=O)C(=O)N1. The van der Waals surface area contributed by atoms with Gasteiger partial charge in [0.1, 0.15) is 11.9 Å². The first kappa shape index (κ1) is 24.7. The largest absolute Gasteiger partial charge is 0.385 e. The highest BCUT2D eigenvalue weighted by Crippen LogP contribution is 2.46. The lowest BCUT2D eigenvalue weighted by molar-refractivity contribution is -0.136. The summed E-state index contributed by atoms with van der Waals surface area (Å²) in [5.74, 6) is -1.46. The van der Waals surface area contributed by atoms with Crippen LogP contribution in [-0.2, 0) is 9.59 Å². The van der Waals surface area contributed by atoms with Gasteiger partial charge in [-0.2, -0.15) is 5.10 Å². The number of carbonyl (C=O) groups is 4. The Kier molecular flexibility index (Phi) is 5.80. The molecule has 40 heavy (non-hydrogen) atoms. The molecule has 0 bridgehead atoms. The van der Waals surface area contributed by atoms with Crippen molar-refractivity contribution in [1.29, 1.82) is 0 Å². The van der Waals surface area contributed by atoms with Gasteiger partial charge < -0.3 is 5.32 Å². The van der Waals surface area contributed by atoms with Gasteiger partial charge in [-0.05, 0) is 62.3 Å². The lowest BCUT2D eigenvalue weighted by Gasteiger charge is -2.35. The van der Waals surface area contributed by atoms with Gasteiger partial charge in [0.05, 0.1) is 22.9 Å². The van der Waals surface area contributed by atoms with Crippen molar-refractivity contribution in [3.8, 4) is 11.1 Å². The highest BCUT2D eigenvalue weighted by Gasteiger charge is 2.44. The number of rotatable bonds is 7. The van der Waals surface area contributed by atoms with Crippen LogP contribution in [0.3, 0.4) is 0 Å². The Labute approximate surface area is 229 Å². The van der Waals surface area contributed by atoms with Crippen LogP contribution in [0.1, 0.15) is 76.9 Å². The molecule has 1 aromatic heterocycles. The average molecular weight is 542 g/mol. The van der Waals surface area contributed by atoms with E-state index in [9.17, 15) is 23.6 Å². The normalized spacial score (nSPS) is 24.1. The quantitative estimate of drug-likeness (QED) is 0.437. The number of hydrogen-bond acceptors (Lipinski definition) is 6. The number of halogens is 1. The summed E-state index contributed by atoms with van der Waals surface area (Å²) in [7, 11) is 0. The van der Waals surface area contributed by atoms with Crippen molar-refractivity contribution in [1.82, 2.24) is 20.0 Å². The second kappa shape index (κ2) is 9.39. The smallest absolute Gasteiger partial charge is 0.262 e. The number of hydrogen-bond donors (Lipinski definition) is 2. The van der Waals surface area contributed by atoms with Gasteiger partial charge in [0.25, 0.3) is 11.8 Å². The van der Waals surface area contributed by atoms with Crippen molar-refractivity contribution >= 4 is 29.3 Å². The standard InChI is InChI=1S/C30H28FN5O4/c31-24-4-2-1-3-20(24)23-15-35(34-27(23)17-5-6-17)19-11-16(12-19)14-32-18-7-8-21-22(13-18)30(40)36(29(21)39)25-9-10-26(37)33-28(25)38/h1-4,7-8,13,15-17,19,25,32H,5-6,9-12,14H2,(H,33,37,38). The molecule has 1 saturated heterocycles. The third-order valence-corrected chi connectivity index (χ3v) is 8.51. The summed E-state index contributed by atoms with van der Waals surface area (Å²) < 4.78 is 16.5. The van der Waals surface area contributed by atoms with Crippen LogP contribution in [-0.4, -0.2) is 50.9 Å². The summed E-state index contributed by atoms with van der Waals surface area (Å²) in [5, 5.41) is 10.5. The molecule has 3 aromatic rings. The van der Waals surface area contributed by atoms with Gasteiger partial charge in [0.2, 0.25) is 11.8 Å². The minimum Gasteiger partial charge on any atom is -0.385 e. The fourth-order valence-corrected chi connectivity index (χ4v) is 6.06. The number of imide groups is 2. The zero-order valence-corrected chi connectivity index (χ0v) is 21.7. The number of fused-ring (bicyclic) bond motifs is 1. The maximum Gasteiger partial charge on any atom is 0.262 e. The van der Waals surface area contributed by atoms with Crippen LogP contribution < -0.4 is 10.6 Å². The van der Waals surface area contributed by atoms with Crippen molar-refractivity contribution in [3.05, 3.63) is 71.3 Å². The highest BCUT2D eigenvalue weighted by molar-refractivity contribution is 6.23. The maximum atomic E-state index is 14.5. The number of benzene rings is 2. The molecule has 204 valence electrons. The molecule has 0 spiro atoms. The number of nitrogens with zero attached hydrogens (tertiary/aromatic N) is 3. The predicted molar refractivity (Wildman–Crippen MR) is 143 cm³/mol. The van der Waals surface area contributed by atoms with E-state index in [4.69, 9.17) is 5.10 Å². The first-order chi connectivity index (χ1) is 19.4. The molecule has 4 aliphatic rings. The molecule has 2 aliphatic carbocycles. The van der Waals surface area contributed by atoms with Crippen LogP contribution in [0.25, 0.3) is 11.1 Å². The predicted octanol–water partition coefficient (Wildman–Crippen LogP) is 4.03. The summed E-state index contributed by atoms with van der Waals surface area (Å²) in [6, 6.07) is 11.2. The minimum atomic E-state index is -0.977. The molecule has 2 N–H and O–H groups in total. The average Bonchev–Trinajstić information content (AvgIpc) is 3.63. The van der Waals surface area contributed by atoms with Crippen LogP contribution >= 0.6 is 0 Å².